The van der Waals surface area contributed by atoms with Crippen LogP contribution in [0.3, 0.4) is 0 Å². The number of hydrogen-bond acceptors (Lipinski definition) is 4. The summed E-state index contributed by atoms with van der Waals surface area (Å²) in [5.41, 5.74) is 1.80. The van der Waals surface area contributed by atoms with E-state index in [4.69, 9.17) is 0 Å². The van der Waals surface area contributed by atoms with Crippen LogP contribution < -0.4 is 0 Å². The van der Waals surface area contributed by atoms with Gasteiger partial charge in [-0.2, -0.15) is 0 Å². The fraction of sp³-hybridized carbons (Fsp3) is 0.357. The highest BCUT2D eigenvalue weighted by Crippen LogP contribution is 2.11. The number of fused-ring (bicyclic) bond motifs is 1. The molecule has 0 N–H and O–H groups in total. The first-order valence-corrected chi connectivity index (χ1v) is 6.07. The van der Waals surface area contributed by atoms with Crippen LogP contribution in [0.25, 0.3) is 11.0 Å². The molecule has 0 aromatic carbocycles. The molecule has 0 saturated heterocycles. The summed E-state index contributed by atoms with van der Waals surface area (Å²) in [6.07, 6.45) is 4.84. The lowest BCUT2D eigenvalue weighted by Crippen LogP contribution is -2.00. The van der Waals surface area contributed by atoms with E-state index < -0.39 is 0 Å². The van der Waals surface area contributed by atoms with Crippen LogP contribution >= 0.6 is 0 Å². The Kier molecular flexibility index (Phi) is 4.23. The van der Waals surface area contributed by atoms with Crippen molar-refractivity contribution in [2.24, 2.45) is 0 Å². The van der Waals surface area contributed by atoms with E-state index in [-0.39, 0.29) is 5.97 Å². The fourth-order valence-electron chi connectivity index (χ4n) is 1.81. The summed E-state index contributed by atoms with van der Waals surface area (Å²) in [7, 11) is 1.42. The highest BCUT2D eigenvalue weighted by molar-refractivity contribution is 5.74. The maximum Gasteiger partial charge on any atom is 0.305 e. The average Bonchev–Trinajstić information content (AvgIpc) is 2.43. The van der Waals surface area contributed by atoms with Gasteiger partial charge in [0.25, 0.3) is 0 Å². The molecule has 0 bridgehead atoms. The van der Waals surface area contributed by atoms with Gasteiger partial charge in [0.1, 0.15) is 0 Å². The van der Waals surface area contributed by atoms with E-state index in [0.29, 0.717) is 6.42 Å². The van der Waals surface area contributed by atoms with Crippen molar-refractivity contribution in [3.05, 3.63) is 36.2 Å². The molecule has 0 spiro atoms. The predicted octanol–water partition coefficient (Wildman–Crippen LogP) is 2.52. The van der Waals surface area contributed by atoms with Crippen LogP contribution in [0.15, 0.2) is 30.5 Å². The number of carbonyl (C=O) groups is 1. The number of aromatic nitrogens is 2. The van der Waals surface area contributed by atoms with Crippen molar-refractivity contribution in [2.45, 2.75) is 25.7 Å². The molecule has 0 amide bonds. The van der Waals surface area contributed by atoms with Crippen LogP contribution in [0, 0.1) is 0 Å². The topological polar surface area (TPSA) is 52.1 Å². The number of methoxy groups -OCH3 is 1. The van der Waals surface area contributed by atoms with Crippen LogP contribution in [-0.2, 0) is 16.0 Å². The van der Waals surface area contributed by atoms with Crippen molar-refractivity contribution >= 4 is 17.0 Å². The van der Waals surface area contributed by atoms with Gasteiger partial charge in [0.05, 0.1) is 7.11 Å². The molecule has 0 aliphatic heterocycles. The van der Waals surface area contributed by atoms with E-state index in [0.717, 1.165) is 36.0 Å². The number of carbonyl (C=O) groups excluding carboxylic acids is 1. The second-order valence-electron chi connectivity index (χ2n) is 4.14. The monoisotopic (exact) mass is 244 g/mol. The second kappa shape index (κ2) is 6.10. The van der Waals surface area contributed by atoms with E-state index in [2.05, 4.69) is 14.7 Å². The highest BCUT2D eigenvalue weighted by Gasteiger charge is 2.02. The van der Waals surface area contributed by atoms with Crippen molar-refractivity contribution in [1.29, 1.82) is 0 Å². The number of nitrogens with zero attached hydrogens (tertiary/aromatic N) is 2. The smallest absolute Gasteiger partial charge is 0.305 e. The van der Waals surface area contributed by atoms with Gasteiger partial charge < -0.3 is 4.74 Å². The van der Waals surface area contributed by atoms with Crippen LogP contribution in [0.1, 0.15) is 25.0 Å². The van der Waals surface area contributed by atoms with Gasteiger partial charge in [0, 0.05) is 23.7 Å². The van der Waals surface area contributed by atoms with Crippen LogP contribution in [-0.4, -0.2) is 23.0 Å². The fourth-order valence-corrected chi connectivity index (χ4v) is 1.81. The average molecular weight is 244 g/mol. The molecule has 94 valence electrons. The van der Waals surface area contributed by atoms with E-state index in [1.54, 1.807) is 6.20 Å². The molecule has 18 heavy (non-hydrogen) atoms. The van der Waals surface area contributed by atoms with E-state index in [1.807, 2.05) is 24.3 Å². The quantitative estimate of drug-likeness (QED) is 0.599. The molecule has 0 saturated carbocycles. The highest BCUT2D eigenvalue weighted by atomic mass is 16.5. The molecular formula is C14H16N2O2. The maximum absolute atomic E-state index is 11.0. The lowest BCUT2D eigenvalue weighted by molar-refractivity contribution is -0.140. The first-order chi connectivity index (χ1) is 8.79. The molecule has 0 fully saturated rings. The Labute approximate surface area is 106 Å². The first kappa shape index (κ1) is 12.5. The van der Waals surface area contributed by atoms with Crippen molar-refractivity contribution in [2.75, 3.05) is 7.11 Å². The van der Waals surface area contributed by atoms with Gasteiger partial charge in [-0.3, -0.25) is 4.79 Å². The Balaban J connectivity index is 1.90. The van der Waals surface area contributed by atoms with Crippen molar-refractivity contribution in [3.63, 3.8) is 0 Å². The predicted molar refractivity (Wildman–Crippen MR) is 69.1 cm³/mol. The van der Waals surface area contributed by atoms with Gasteiger partial charge in [-0.15, -0.1) is 0 Å². The Morgan fingerprint density at radius 3 is 3.00 bits per heavy atom. The number of unbranched alkanes of at least 4 members (excludes halogenated alkanes) is 1. The molecule has 0 unspecified atom stereocenters. The molecule has 4 heteroatoms. The molecule has 0 aliphatic rings. The largest absolute Gasteiger partial charge is 0.469 e. The number of ether oxygens (including phenoxy) is 1. The van der Waals surface area contributed by atoms with Gasteiger partial charge >= 0.3 is 5.97 Å². The van der Waals surface area contributed by atoms with Gasteiger partial charge in [0.2, 0.25) is 0 Å². The Morgan fingerprint density at radius 1 is 1.28 bits per heavy atom. The molecule has 2 heterocycles. The van der Waals surface area contributed by atoms with E-state index >= 15 is 0 Å². The summed E-state index contributed by atoms with van der Waals surface area (Å²) in [4.78, 5) is 19.7. The minimum Gasteiger partial charge on any atom is -0.469 e. The summed E-state index contributed by atoms with van der Waals surface area (Å²) in [5, 5.41) is 1.05. The molecule has 0 aliphatic carbocycles. The summed E-state index contributed by atoms with van der Waals surface area (Å²) < 4.78 is 4.60. The number of aryl methyl sites for hydroxylation is 1. The third-order valence-corrected chi connectivity index (χ3v) is 2.81. The third kappa shape index (κ3) is 3.26. The zero-order valence-electron chi connectivity index (χ0n) is 10.4. The molecular weight excluding hydrogens is 228 g/mol. The standard InChI is InChI=1S/C14H16N2O2/c1-18-13(17)7-3-2-6-12-9-8-11-5-4-10-15-14(11)16-12/h4-5,8-10H,2-3,6-7H2,1H3. The third-order valence-electron chi connectivity index (χ3n) is 2.81. The normalized spacial score (nSPS) is 10.5. The van der Waals surface area contributed by atoms with Crippen LogP contribution in [0.2, 0.25) is 0 Å². The lowest BCUT2D eigenvalue weighted by Gasteiger charge is -2.02. The molecule has 2 rings (SSSR count). The molecule has 2 aromatic heterocycles. The lowest BCUT2D eigenvalue weighted by atomic mass is 10.1. The summed E-state index contributed by atoms with van der Waals surface area (Å²) in [5.74, 6) is -0.150. The minimum atomic E-state index is -0.150. The minimum absolute atomic E-state index is 0.150. The Morgan fingerprint density at radius 2 is 2.17 bits per heavy atom. The van der Waals surface area contributed by atoms with E-state index in [1.165, 1.54) is 7.11 Å². The number of pyridine rings is 2. The molecule has 2 aromatic rings. The van der Waals surface area contributed by atoms with Crippen LogP contribution in [0.4, 0.5) is 0 Å². The van der Waals surface area contributed by atoms with Gasteiger partial charge in [0.15, 0.2) is 5.65 Å². The summed E-state index contributed by atoms with van der Waals surface area (Å²) in [6.45, 7) is 0. The Bertz CT molecular complexity index is 540. The molecule has 4 nitrogen and oxygen atoms in total. The first-order valence-electron chi connectivity index (χ1n) is 6.07. The summed E-state index contributed by atoms with van der Waals surface area (Å²) >= 11 is 0. The van der Waals surface area contributed by atoms with Crippen molar-refractivity contribution in [1.82, 2.24) is 9.97 Å². The molecule has 0 radical (unpaired) electrons. The number of rotatable bonds is 5. The van der Waals surface area contributed by atoms with Crippen molar-refractivity contribution < 1.29 is 9.53 Å². The van der Waals surface area contributed by atoms with E-state index in [9.17, 15) is 4.79 Å². The number of hydrogen-bond donors (Lipinski definition) is 0. The SMILES string of the molecule is COC(=O)CCCCc1ccc2cccnc2n1. The van der Waals surface area contributed by atoms with Crippen LogP contribution in [0.5, 0.6) is 0 Å². The summed E-state index contributed by atoms with van der Waals surface area (Å²) in [6, 6.07) is 7.95. The maximum atomic E-state index is 11.0. The number of esters is 1. The second-order valence-corrected chi connectivity index (χ2v) is 4.14. The van der Waals surface area contributed by atoms with Crippen molar-refractivity contribution in [3.8, 4) is 0 Å². The van der Waals surface area contributed by atoms with Gasteiger partial charge in [-0.25, -0.2) is 9.97 Å². The van der Waals surface area contributed by atoms with Gasteiger partial charge in [-0.05, 0) is 43.5 Å². The Hall–Kier alpha value is -1.97. The zero-order chi connectivity index (χ0) is 12.8. The zero-order valence-corrected chi connectivity index (χ0v) is 10.4. The molecule has 0 atom stereocenters. The van der Waals surface area contributed by atoms with Gasteiger partial charge in [-0.1, -0.05) is 0 Å².